The minimum atomic E-state index is 0.645. The van der Waals surface area contributed by atoms with Gasteiger partial charge in [0.2, 0.25) is 5.88 Å². The molecule has 1 heterocycles. The zero-order valence-electron chi connectivity index (χ0n) is 11.9. The fourth-order valence-corrected chi connectivity index (χ4v) is 2.45. The summed E-state index contributed by atoms with van der Waals surface area (Å²) in [6.07, 6.45) is 2.66. The number of nitrogens with zero attached hydrogens (tertiary/aromatic N) is 1. The maximum Gasteiger partial charge on any atom is 0.222 e. The predicted octanol–water partition coefficient (Wildman–Crippen LogP) is 4.91. The van der Waals surface area contributed by atoms with Crippen LogP contribution in [0, 0.1) is 6.92 Å². The van der Waals surface area contributed by atoms with E-state index in [1.54, 1.807) is 6.20 Å². The molecule has 0 fully saturated rings. The number of aromatic nitrogens is 1. The van der Waals surface area contributed by atoms with E-state index in [9.17, 15) is 0 Å². The molecule has 0 N–H and O–H groups in total. The zero-order chi connectivity index (χ0) is 14.5. The highest BCUT2D eigenvalue weighted by Crippen LogP contribution is 2.33. The SMILES string of the molecule is CCOc1ccc(Oc2nccc(C)c2CC)c(Br)c1. The average Bonchev–Trinajstić information content (AvgIpc) is 2.42. The fourth-order valence-electron chi connectivity index (χ4n) is 2.01. The molecular formula is C16H18BrNO2. The van der Waals surface area contributed by atoms with Crippen molar-refractivity contribution < 1.29 is 9.47 Å². The number of hydrogen-bond donors (Lipinski definition) is 0. The van der Waals surface area contributed by atoms with Crippen molar-refractivity contribution in [3.63, 3.8) is 0 Å². The molecule has 2 rings (SSSR count). The van der Waals surface area contributed by atoms with Crippen LogP contribution in [0.3, 0.4) is 0 Å². The second kappa shape index (κ2) is 6.75. The third kappa shape index (κ3) is 3.31. The van der Waals surface area contributed by atoms with Gasteiger partial charge in [0, 0.05) is 11.8 Å². The Bertz CT molecular complexity index is 599. The number of rotatable bonds is 5. The van der Waals surface area contributed by atoms with Gasteiger partial charge in [-0.1, -0.05) is 6.92 Å². The minimum Gasteiger partial charge on any atom is -0.494 e. The van der Waals surface area contributed by atoms with Gasteiger partial charge in [-0.15, -0.1) is 0 Å². The van der Waals surface area contributed by atoms with Gasteiger partial charge >= 0.3 is 0 Å². The van der Waals surface area contributed by atoms with Crippen molar-refractivity contribution in [2.45, 2.75) is 27.2 Å². The molecule has 0 atom stereocenters. The standard InChI is InChI=1S/C16H18BrNO2/c1-4-13-11(3)8-9-18-16(13)20-15-7-6-12(19-5-2)10-14(15)17/h6-10H,4-5H2,1-3H3. The Labute approximate surface area is 128 Å². The summed E-state index contributed by atoms with van der Waals surface area (Å²) in [5.41, 5.74) is 2.33. The molecule has 0 unspecified atom stereocenters. The summed E-state index contributed by atoms with van der Waals surface area (Å²) in [6.45, 7) is 6.78. The molecule has 20 heavy (non-hydrogen) atoms. The Kier molecular flexibility index (Phi) is 5.01. The van der Waals surface area contributed by atoms with Gasteiger partial charge in [-0.25, -0.2) is 4.98 Å². The quantitative estimate of drug-likeness (QED) is 0.778. The Morgan fingerprint density at radius 3 is 2.65 bits per heavy atom. The topological polar surface area (TPSA) is 31.4 Å². The summed E-state index contributed by atoms with van der Waals surface area (Å²) in [6, 6.07) is 7.68. The molecule has 0 spiro atoms. The van der Waals surface area contributed by atoms with Crippen LogP contribution in [0.1, 0.15) is 25.0 Å². The fraction of sp³-hybridized carbons (Fsp3) is 0.312. The number of halogens is 1. The van der Waals surface area contributed by atoms with Crippen LogP contribution in [0.15, 0.2) is 34.9 Å². The molecule has 0 saturated carbocycles. The van der Waals surface area contributed by atoms with Crippen molar-refractivity contribution in [3.05, 3.63) is 46.1 Å². The highest BCUT2D eigenvalue weighted by atomic mass is 79.9. The van der Waals surface area contributed by atoms with Gasteiger partial charge in [-0.3, -0.25) is 0 Å². The lowest BCUT2D eigenvalue weighted by Crippen LogP contribution is -1.97. The highest BCUT2D eigenvalue weighted by Gasteiger charge is 2.10. The van der Waals surface area contributed by atoms with Crippen LogP contribution in [0.4, 0.5) is 0 Å². The summed E-state index contributed by atoms with van der Waals surface area (Å²) in [7, 11) is 0. The molecule has 106 valence electrons. The van der Waals surface area contributed by atoms with Gasteiger partial charge in [0.05, 0.1) is 11.1 Å². The third-order valence-corrected chi connectivity index (χ3v) is 3.64. The molecule has 2 aromatic rings. The third-order valence-electron chi connectivity index (χ3n) is 3.03. The molecule has 0 aliphatic rings. The van der Waals surface area contributed by atoms with Crippen LogP contribution >= 0.6 is 15.9 Å². The van der Waals surface area contributed by atoms with E-state index in [0.29, 0.717) is 12.5 Å². The Morgan fingerprint density at radius 1 is 1.20 bits per heavy atom. The Hall–Kier alpha value is -1.55. The first kappa shape index (κ1) is 14.9. The van der Waals surface area contributed by atoms with E-state index in [0.717, 1.165) is 28.0 Å². The van der Waals surface area contributed by atoms with E-state index >= 15 is 0 Å². The maximum absolute atomic E-state index is 5.93. The number of ether oxygens (including phenoxy) is 2. The van der Waals surface area contributed by atoms with Gasteiger partial charge in [0.15, 0.2) is 0 Å². The smallest absolute Gasteiger partial charge is 0.222 e. The predicted molar refractivity (Wildman–Crippen MR) is 83.7 cm³/mol. The molecule has 3 nitrogen and oxygen atoms in total. The van der Waals surface area contributed by atoms with Crippen molar-refractivity contribution in [1.29, 1.82) is 0 Å². The van der Waals surface area contributed by atoms with Crippen LogP contribution in [-0.4, -0.2) is 11.6 Å². The molecule has 0 aliphatic carbocycles. The lowest BCUT2D eigenvalue weighted by atomic mass is 10.1. The van der Waals surface area contributed by atoms with Crippen LogP contribution in [-0.2, 0) is 6.42 Å². The molecule has 1 aromatic carbocycles. The summed E-state index contributed by atoms with van der Waals surface area (Å²) in [4.78, 5) is 4.33. The molecule has 0 radical (unpaired) electrons. The van der Waals surface area contributed by atoms with Crippen molar-refractivity contribution >= 4 is 15.9 Å². The number of pyridine rings is 1. The normalized spacial score (nSPS) is 10.4. The molecule has 0 saturated heterocycles. The minimum absolute atomic E-state index is 0.645. The van der Waals surface area contributed by atoms with Crippen LogP contribution in [0.2, 0.25) is 0 Å². The first-order chi connectivity index (χ1) is 9.65. The van der Waals surface area contributed by atoms with E-state index < -0.39 is 0 Å². The van der Waals surface area contributed by atoms with E-state index in [1.807, 2.05) is 31.2 Å². The van der Waals surface area contributed by atoms with Crippen molar-refractivity contribution in [2.75, 3.05) is 6.61 Å². The van der Waals surface area contributed by atoms with Crippen molar-refractivity contribution in [2.24, 2.45) is 0 Å². The zero-order valence-corrected chi connectivity index (χ0v) is 13.5. The van der Waals surface area contributed by atoms with E-state index in [4.69, 9.17) is 9.47 Å². The second-order valence-electron chi connectivity index (χ2n) is 4.39. The number of benzene rings is 1. The number of hydrogen-bond acceptors (Lipinski definition) is 3. The lowest BCUT2D eigenvalue weighted by molar-refractivity contribution is 0.339. The van der Waals surface area contributed by atoms with E-state index in [2.05, 4.69) is 34.8 Å². The van der Waals surface area contributed by atoms with Gasteiger partial charge in [0.1, 0.15) is 11.5 Å². The molecular weight excluding hydrogens is 318 g/mol. The monoisotopic (exact) mass is 335 g/mol. The average molecular weight is 336 g/mol. The summed E-state index contributed by atoms with van der Waals surface area (Å²) in [5, 5.41) is 0. The maximum atomic E-state index is 5.93. The first-order valence-electron chi connectivity index (χ1n) is 6.70. The Balaban J connectivity index is 2.28. The first-order valence-corrected chi connectivity index (χ1v) is 7.49. The molecule has 1 aromatic heterocycles. The Morgan fingerprint density at radius 2 is 2.00 bits per heavy atom. The van der Waals surface area contributed by atoms with Crippen LogP contribution < -0.4 is 9.47 Å². The summed E-state index contributed by atoms with van der Waals surface area (Å²) >= 11 is 3.51. The molecule has 0 bridgehead atoms. The lowest BCUT2D eigenvalue weighted by Gasteiger charge is -2.13. The number of aryl methyl sites for hydroxylation is 1. The highest BCUT2D eigenvalue weighted by molar-refractivity contribution is 9.10. The van der Waals surface area contributed by atoms with Gasteiger partial charge in [-0.05, 0) is 66.0 Å². The van der Waals surface area contributed by atoms with Gasteiger partial charge in [0.25, 0.3) is 0 Å². The summed E-state index contributed by atoms with van der Waals surface area (Å²) < 4.78 is 12.2. The molecule has 0 amide bonds. The summed E-state index contributed by atoms with van der Waals surface area (Å²) in [5.74, 6) is 2.22. The van der Waals surface area contributed by atoms with E-state index in [-0.39, 0.29) is 0 Å². The van der Waals surface area contributed by atoms with E-state index in [1.165, 1.54) is 5.56 Å². The van der Waals surface area contributed by atoms with Crippen LogP contribution in [0.5, 0.6) is 17.4 Å². The van der Waals surface area contributed by atoms with Crippen molar-refractivity contribution in [3.8, 4) is 17.4 Å². The largest absolute Gasteiger partial charge is 0.494 e. The second-order valence-corrected chi connectivity index (χ2v) is 5.25. The molecule has 4 heteroatoms. The van der Waals surface area contributed by atoms with Gasteiger partial charge < -0.3 is 9.47 Å². The van der Waals surface area contributed by atoms with Gasteiger partial charge in [-0.2, -0.15) is 0 Å². The molecule has 0 aliphatic heterocycles. The van der Waals surface area contributed by atoms with Crippen LogP contribution in [0.25, 0.3) is 0 Å². The van der Waals surface area contributed by atoms with Crippen molar-refractivity contribution in [1.82, 2.24) is 4.98 Å².